The second kappa shape index (κ2) is 5.61. The van der Waals surface area contributed by atoms with E-state index in [1.54, 1.807) is 6.07 Å². The van der Waals surface area contributed by atoms with Gasteiger partial charge in [0, 0.05) is 5.56 Å². The van der Waals surface area contributed by atoms with Gasteiger partial charge >= 0.3 is 0 Å². The number of aryl methyl sites for hydroxylation is 1. The van der Waals surface area contributed by atoms with Crippen LogP contribution in [0.3, 0.4) is 0 Å². The minimum Gasteiger partial charge on any atom is -0.384 e. The van der Waals surface area contributed by atoms with Gasteiger partial charge in [0.15, 0.2) is 0 Å². The minimum absolute atomic E-state index is 0.637. The quantitative estimate of drug-likeness (QED) is 0.833. The van der Waals surface area contributed by atoms with Crippen LogP contribution >= 0.6 is 0 Å². The zero-order valence-corrected chi connectivity index (χ0v) is 10.3. The molecule has 0 fully saturated rings. The molecule has 18 heavy (non-hydrogen) atoms. The molecule has 0 saturated carbocycles. The monoisotopic (exact) mass is 240 g/mol. The molecule has 0 bridgehead atoms. The maximum Gasteiger partial charge on any atom is 0.150 e. The van der Waals surface area contributed by atoms with E-state index in [1.807, 2.05) is 49.4 Å². The Morgan fingerprint density at radius 3 is 2.50 bits per heavy atom. The van der Waals surface area contributed by atoms with Gasteiger partial charge in [-0.05, 0) is 29.2 Å². The van der Waals surface area contributed by atoms with Crippen LogP contribution in [0.4, 0.5) is 0 Å². The fraction of sp³-hybridized carbons (Fsp3) is 0.188. The number of benzene rings is 2. The Morgan fingerprint density at radius 1 is 1.17 bits per heavy atom. The van der Waals surface area contributed by atoms with Crippen LogP contribution in [0.2, 0.25) is 0 Å². The van der Waals surface area contributed by atoms with Crippen molar-refractivity contribution in [3.05, 3.63) is 70.8 Å². The summed E-state index contributed by atoms with van der Waals surface area (Å²) in [6, 6.07) is 15.0. The summed E-state index contributed by atoms with van der Waals surface area (Å²) in [5.41, 5.74) is 3.40. The lowest BCUT2D eigenvalue weighted by atomic mass is 9.94. The zero-order chi connectivity index (χ0) is 13.0. The molecule has 1 N–H and O–H groups in total. The summed E-state index contributed by atoms with van der Waals surface area (Å²) in [6.07, 6.45) is 0.987. The van der Waals surface area contributed by atoms with Gasteiger partial charge in [-0.3, -0.25) is 4.79 Å². The summed E-state index contributed by atoms with van der Waals surface area (Å²) in [7, 11) is 0. The molecule has 0 aliphatic carbocycles. The van der Waals surface area contributed by atoms with E-state index >= 15 is 0 Å². The van der Waals surface area contributed by atoms with Gasteiger partial charge in [0.25, 0.3) is 0 Å². The molecule has 2 nitrogen and oxygen atoms in total. The van der Waals surface area contributed by atoms with Crippen molar-refractivity contribution in [3.63, 3.8) is 0 Å². The van der Waals surface area contributed by atoms with Gasteiger partial charge in [0.05, 0.1) is 0 Å². The van der Waals surface area contributed by atoms with E-state index in [1.165, 1.54) is 0 Å². The first-order valence-corrected chi connectivity index (χ1v) is 6.07. The standard InChI is InChI=1S/C16H16O2/c1-2-13-10-12(11-17)8-9-15(13)16(18)14-6-4-3-5-7-14/h3-11,16,18H,2H2,1H3. The highest BCUT2D eigenvalue weighted by atomic mass is 16.3. The van der Waals surface area contributed by atoms with Crippen LogP contribution < -0.4 is 0 Å². The van der Waals surface area contributed by atoms with Gasteiger partial charge in [0.1, 0.15) is 12.4 Å². The Bertz CT molecular complexity index is 532. The van der Waals surface area contributed by atoms with Gasteiger partial charge in [-0.2, -0.15) is 0 Å². The Hall–Kier alpha value is -1.93. The molecule has 2 aromatic carbocycles. The van der Waals surface area contributed by atoms with E-state index in [9.17, 15) is 9.90 Å². The molecule has 92 valence electrons. The first-order chi connectivity index (χ1) is 8.76. The minimum atomic E-state index is -0.637. The van der Waals surface area contributed by atoms with Gasteiger partial charge in [-0.25, -0.2) is 0 Å². The van der Waals surface area contributed by atoms with Crippen molar-refractivity contribution in [2.75, 3.05) is 0 Å². The van der Waals surface area contributed by atoms with Gasteiger partial charge < -0.3 is 5.11 Å². The third-order valence-electron chi connectivity index (χ3n) is 3.09. The van der Waals surface area contributed by atoms with E-state index in [0.29, 0.717) is 5.56 Å². The molecule has 0 aromatic heterocycles. The number of carbonyl (C=O) groups is 1. The fourth-order valence-electron chi connectivity index (χ4n) is 2.09. The Balaban J connectivity index is 2.41. The molecular weight excluding hydrogens is 224 g/mol. The Kier molecular flexibility index (Phi) is 3.90. The molecule has 2 rings (SSSR count). The maximum absolute atomic E-state index is 10.8. The fourth-order valence-corrected chi connectivity index (χ4v) is 2.09. The first kappa shape index (κ1) is 12.5. The molecule has 1 unspecified atom stereocenters. The molecule has 2 heteroatoms. The number of aliphatic hydroxyl groups excluding tert-OH is 1. The van der Waals surface area contributed by atoms with Gasteiger partial charge in [-0.15, -0.1) is 0 Å². The highest BCUT2D eigenvalue weighted by Crippen LogP contribution is 2.25. The summed E-state index contributed by atoms with van der Waals surface area (Å²) in [5, 5.41) is 10.4. The van der Waals surface area contributed by atoms with Crippen molar-refractivity contribution in [1.82, 2.24) is 0 Å². The van der Waals surface area contributed by atoms with Crippen LogP contribution in [-0.2, 0) is 6.42 Å². The van der Waals surface area contributed by atoms with E-state index in [2.05, 4.69) is 0 Å². The van der Waals surface area contributed by atoms with Crippen molar-refractivity contribution in [2.24, 2.45) is 0 Å². The third kappa shape index (κ3) is 2.49. The number of aliphatic hydroxyl groups is 1. The van der Waals surface area contributed by atoms with Crippen LogP contribution in [0.1, 0.15) is 40.1 Å². The normalized spacial score (nSPS) is 12.1. The van der Waals surface area contributed by atoms with Crippen LogP contribution in [-0.4, -0.2) is 11.4 Å². The highest BCUT2D eigenvalue weighted by Gasteiger charge is 2.13. The van der Waals surface area contributed by atoms with Crippen molar-refractivity contribution >= 4 is 6.29 Å². The van der Waals surface area contributed by atoms with Crippen LogP contribution in [0.25, 0.3) is 0 Å². The summed E-state index contributed by atoms with van der Waals surface area (Å²) < 4.78 is 0. The second-order valence-electron chi connectivity index (χ2n) is 4.24. The van der Waals surface area contributed by atoms with Crippen molar-refractivity contribution in [1.29, 1.82) is 0 Å². The van der Waals surface area contributed by atoms with Gasteiger partial charge in [0.2, 0.25) is 0 Å². The molecule has 1 atom stereocenters. The summed E-state index contributed by atoms with van der Waals surface area (Å²) in [6.45, 7) is 2.02. The lowest BCUT2D eigenvalue weighted by molar-refractivity contribution is 0.112. The predicted molar refractivity (Wildman–Crippen MR) is 71.7 cm³/mol. The van der Waals surface area contributed by atoms with Crippen molar-refractivity contribution in [2.45, 2.75) is 19.4 Å². The number of rotatable bonds is 4. The van der Waals surface area contributed by atoms with E-state index < -0.39 is 6.10 Å². The average Bonchev–Trinajstić information content (AvgIpc) is 2.46. The highest BCUT2D eigenvalue weighted by molar-refractivity contribution is 5.75. The SMILES string of the molecule is CCc1cc(C=O)ccc1C(O)c1ccccc1. The number of hydrogen-bond acceptors (Lipinski definition) is 2. The molecule has 0 aliphatic rings. The van der Waals surface area contributed by atoms with Crippen molar-refractivity contribution in [3.8, 4) is 0 Å². The molecular formula is C16H16O2. The van der Waals surface area contributed by atoms with Crippen molar-refractivity contribution < 1.29 is 9.90 Å². The lowest BCUT2D eigenvalue weighted by Crippen LogP contribution is -2.04. The summed E-state index contributed by atoms with van der Waals surface area (Å²) >= 11 is 0. The smallest absolute Gasteiger partial charge is 0.150 e. The van der Waals surface area contributed by atoms with E-state index in [0.717, 1.165) is 29.4 Å². The Morgan fingerprint density at radius 2 is 1.89 bits per heavy atom. The molecule has 0 aliphatic heterocycles. The summed E-state index contributed by atoms with van der Waals surface area (Å²) in [5.74, 6) is 0. The van der Waals surface area contributed by atoms with Crippen LogP contribution in [0.15, 0.2) is 48.5 Å². The molecule has 0 radical (unpaired) electrons. The lowest BCUT2D eigenvalue weighted by Gasteiger charge is -2.15. The largest absolute Gasteiger partial charge is 0.384 e. The Labute approximate surface area is 107 Å². The van der Waals surface area contributed by atoms with E-state index in [4.69, 9.17) is 0 Å². The van der Waals surface area contributed by atoms with E-state index in [-0.39, 0.29) is 0 Å². The molecule has 2 aromatic rings. The number of aldehydes is 1. The predicted octanol–water partition coefficient (Wildman–Crippen LogP) is 3.14. The molecule has 0 heterocycles. The second-order valence-corrected chi connectivity index (χ2v) is 4.24. The number of carbonyl (C=O) groups excluding carboxylic acids is 1. The maximum atomic E-state index is 10.8. The average molecular weight is 240 g/mol. The van der Waals surface area contributed by atoms with Crippen LogP contribution in [0, 0.1) is 0 Å². The third-order valence-corrected chi connectivity index (χ3v) is 3.09. The first-order valence-electron chi connectivity index (χ1n) is 6.07. The van der Waals surface area contributed by atoms with Crippen LogP contribution in [0.5, 0.6) is 0 Å². The topological polar surface area (TPSA) is 37.3 Å². The summed E-state index contributed by atoms with van der Waals surface area (Å²) in [4.78, 5) is 10.8. The van der Waals surface area contributed by atoms with Gasteiger partial charge in [-0.1, -0.05) is 49.4 Å². The number of hydrogen-bond donors (Lipinski definition) is 1. The molecule has 0 saturated heterocycles. The molecule has 0 spiro atoms. The zero-order valence-electron chi connectivity index (χ0n) is 10.3. The molecule has 0 amide bonds.